The van der Waals surface area contributed by atoms with Crippen molar-refractivity contribution in [1.29, 1.82) is 0 Å². The molecule has 1 aliphatic carbocycles. The minimum Gasteiger partial charge on any atom is -0.497 e. The van der Waals surface area contributed by atoms with E-state index in [2.05, 4.69) is 37.4 Å². The third kappa shape index (κ3) is 2.38. The van der Waals surface area contributed by atoms with E-state index < -0.39 is 0 Å². The molecule has 1 aromatic rings. The summed E-state index contributed by atoms with van der Waals surface area (Å²) in [5.74, 6) is 1.65. The lowest BCUT2D eigenvalue weighted by atomic mass is 10.0. The summed E-state index contributed by atoms with van der Waals surface area (Å²) in [5, 5.41) is 3.68. The number of nitrogens with one attached hydrogen (secondary N) is 1. The van der Waals surface area contributed by atoms with Gasteiger partial charge in [-0.05, 0) is 43.0 Å². The van der Waals surface area contributed by atoms with Crippen LogP contribution in [0.25, 0.3) is 0 Å². The van der Waals surface area contributed by atoms with Crippen LogP contribution in [0.4, 0.5) is 0 Å². The van der Waals surface area contributed by atoms with E-state index >= 15 is 0 Å². The molecule has 1 aliphatic rings. The third-order valence-corrected chi connectivity index (χ3v) is 3.22. The average Bonchev–Trinajstić information content (AvgIpc) is 3.08. The molecule has 16 heavy (non-hydrogen) atoms. The Balaban J connectivity index is 2.10. The van der Waals surface area contributed by atoms with Crippen molar-refractivity contribution in [3.8, 4) is 5.75 Å². The summed E-state index contributed by atoms with van der Waals surface area (Å²) in [6, 6.07) is 8.43. The molecule has 88 valence electrons. The van der Waals surface area contributed by atoms with Crippen LogP contribution in [0.5, 0.6) is 5.75 Å². The first-order valence-electron chi connectivity index (χ1n) is 6.06. The highest BCUT2D eigenvalue weighted by atomic mass is 16.5. The highest BCUT2D eigenvalue weighted by Gasteiger charge is 2.43. The lowest BCUT2D eigenvalue weighted by molar-refractivity contribution is 0.411. The molecule has 0 heterocycles. The van der Waals surface area contributed by atoms with Crippen LogP contribution < -0.4 is 10.1 Å². The first kappa shape index (κ1) is 11.5. The molecule has 0 saturated heterocycles. The number of benzene rings is 1. The van der Waals surface area contributed by atoms with Crippen LogP contribution in [-0.2, 0) is 5.54 Å². The van der Waals surface area contributed by atoms with Gasteiger partial charge in [-0.3, -0.25) is 0 Å². The van der Waals surface area contributed by atoms with Crippen LogP contribution in [0.2, 0.25) is 0 Å². The molecule has 1 aromatic carbocycles. The van der Waals surface area contributed by atoms with E-state index in [1.807, 2.05) is 6.07 Å². The van der Waals surface area contributed by atoms with Crippen LogP contribution in [-0.4, -0.2) is 13.7 Å². The van der Waals surface area contributed by atoms with Gasteiger partial charge in [0.25, 0.3) is 0 Å². The maximum atomic E-state index is 5.28. The number of rotatable bonds is 5. The lowest BCUT2D eigenvalue weighted by Gasteiger charge is -2.20. The van der Waals surface area contributed by atoms with Gasteiger partial charge in [0.2, 0.25) is 0 Å². The van der Waals surface area contributed by atoms with Gasteiger partial charge in [0.05, 0.1) is 7.11 Å². The quantitative estimate of drug-likeness (QED) is 0.822. The Morgan fingerprint density at radius 3 is 2.69 bits per heavy atom. The highest BCUT2D eigenvalue weighted by Crippen LogP contribution is 2.46. The summed E-state index contributed by atoms with van der Waals surface area (Å²) in [6.45, 7) is 5.57. The second kappa shape index (κ2) is 4.46. The van der Waals surface area contributed by atoms with E-state index in [1.54, 1.807) is 7.11 Å². The maximum absolute atomic E-state index is 5.28. The number of hydrogen-bond donors (Lipinski definition) is 1. The van der Waals surface area contributed by atoms with Crippen molar-refractivity contribution < 1.29 is 4.74 Å². The summed E-state index contributed by atoms with van der Waals surface area (Å²) < 4.78 is 5.28. The highest BCUT2D eigenvalue weighted by molar-refractivity contribution is 5.36. The van der Waals surface area contributed by atoms with Gasteiger partial charge < -0.3 is 10.1 Å². The Hall–Kier alpha value is -1.02. The second-order valence-corrected chi connectivity index (χ2v) is 5.09. The maximum Gasteiger partial charge on any atom is 0.119 e. The summed E-state index contributed by atoms with van der Waals surface area (Å²) >= 11 is 0. The molecular formula is C14H21NO. The number of methoxy groups -OCH3 is 1. The molecule has 0 radical (unpaired) electrons. The standard InChI is InChI=1S/C14H21NO/c1-11(2)10-15-14(7-8-14)12-5-4-6-13(9-12)16-3/h4-6,9,11,15H,7-8,10H2,1-3H3. The monoisotopic (exact) mass is 219 g/mol. The summed E-state index contributed by atoms with van der Waals surface area (Å²) in [4.78, 5) is 0. The molecule has 1 fully saturated rings. The smallest absolute Gasteiger partial charge is 0.119 e. The Morgan fingerprint density at radius 2 is 2.12 bits per heavy atom. The minimum absolute atomic E-state index is 0.235. The van der Waals surface area contributed by atoms with Crippen molar-refractivity contribution in [2.24, 2.45) is 5.92 Å². The van der Waals surface area contributed by atoms with Crippen molar-refractivity contribution in [2.45, 2.75) is 32.2 Å². The molecule has 0 unspecified atom stereocenters. The molecule has 0 amide bonds. The predicted molar refractivity (Wildman–Crippen MR) is 66.7 cm³/mol. The van der Waals surface area contributed by atoms with Gasteiger partial charge in [-0.1, -0.05) is 26.0 Å². The van der Waals surface area contributed by atoms with Crippen LogP contribution in [0.3, 0.4) is 0 Å². The van der Waals surface area contributed by atoms with Crippen LogP contribution in [0.1, 0.15) is 32.3 Å². The largest absolute Gasteiger partial charge is 0.497 e. The van der Waals surface area contributed by atoms with Crippen molar-refractivity contribution in [2.75, 3.05) is 13.7 Å². The fraction of sp³-hybridized carbons (Fsp3) is 0.571. The van der Waals surface area contributed by atoms with Crippen LogP contribution >= 0.6 is 0 Å². The van der Waals surface area contributed by atoms with E-state index in [0.717, 1.165) is 12.3 Å². The van der Waals surface area contributed by atoms with Gasteiger partial charge >= 0.3 is 0 Å². The molecule has 1 N–H and O–H groups in total. The van der Waals surface area contributed by atoms with Gasteiger partial charge in [0.15, 0.2) is 0 Å². The van der Waals surface area contributed by atoms with Gasteiger partial charge in [0.1, 0.15) is 5.75 Å². The molecule has 0 atom stereocenters. The van der Waals surface area contributed by atoms with E-state index in [1.165, 1.54) is 18.4 Å². The fourth-order valence-corrected chi connectivity index (χ4v) is 2.01. The molecular weight excluding hydrogens is 198 g/mol. The normalized spacial score (nSPS) is 17.5. The SMILES string of the molecule is COc1cccc(C2(NCC(C)C)CC2)c1. The molecule has 2 rings (SSSR count). The van der Waals surface area contributed by atoms with E-state index in [-0.39, 0.29) is 5.54 Å². The van der Waals surface area contributed by atoms with Gasteiger partial charge in [-0.2, -0.15) is 0 Å². The first-order chi connectivity index (χ1) is 7.66. The minimum atomic E-state index is 0.235. The Morgan fingerprint density at radius 1 is 1.38 bits per heavy atom. The van der Waals surface area contributed by atoms with Gasteiger partial charge in [0, 0.05) is 5.54 Å². The first-order valence-corrected chi connectivity index (χ1v) is 6.06. The molecule has 2 heteroatoms. The number of ether oxygens (including phenoxy) is 1. The summed E-state index contributed by atoms with van der Waals surface area (Å²) in [7, 11) is 1.72. The van der Waals surface area contributed by atoms with Gasteiger partial charge in [-0.25, -0.2) is 0 Å². The zero-order chi connectivity index (χ0) is 11.6. The molecule has 0 aliphatic heterocycles. The second-order valence-electron chi connectivity index (χ2n) is 5.09. The zero-order valence-electron chi connectivity index (χ0n) is 10.4. The van der Waals surface area contributed by atoms with Crippen LogP contribution in [0, 0.1) is 5.92 Å². The Kier molecular flexibility index (Phi) is 3.20. The lowest BCUT2D eigenvalue weighted by Crippen LogP contribution is -2.32. The summed E-state index contributed by atoms with van der Waals surface area (Å²) in [6.07, 6.45) is 2.49. The van der Waals surface area contributed by atoms with Crippen molar-refractivity contribution in [1.82, 2.24) is 5.32 Å². The molecule has 2 nitrogen and oxygen atoms in total. The number of hydrogen-bond acceptors (Lipinski definition) is 2. The third-order valence-electron chi connectivity index (χ3n) is 3.22. The molecule has 1 saturated carbocycles. The van der Waals surface area contributed by atoms with E-state index in [9.17, 15) is 0 Å². The Bertz CT molecular complexity index is 356. The topological polar surface area (TPSA) is 21.3 Å². The van der Waals surface area contributed by atoms with E-state index in [0.29, 0.717) is 5.92 Å². The van der Waals surface area contributed by atoms with Crippen LogP contribution in [0.15, 0.2) is 24.3 Å². The Labute approximate surface area is 98.0 Å². The summed E-state index contributed by atoms with van der Waals surface area (Å²) in [5.41, 5.74) is 1.60. The molecule has 0 spiro atoms. The van der Waals surface area contributed by atoms with Crippen molar-refractivity contribution >= 4 is 0 Å². The fourth-order valence-electron chi connectivity index (χ4n) is 2.01. The van der Waals surface area contributed by atoms with E-state index in [4.69, 9.17) is 4.74 Å². The average molecular weight is 219 g/mol. The zero-order valence-corrected chi connectivity index (χ0v) is 10.4. The van der Waals surface area contributed by atoms with Crippen molar-refractivity contribution in [3.63, 3.8) is 0 Å². The predicted octanol–water partition coefficient (Wildman–Crippen LogP) is 2.93. The molecule has 0 aromatic heterocycles. The van der Waals surface area contributed by atoms with Gasteiger partial charge in [-0.15, -0.1) is 0 Å². The molecule has 0 bridgehead atoms. The van der Waals surface area contributed by atoms with Crippen molar-refractivity contribution in [3.05, 3.63) is 29.8 Å².